The molecule has 0 aromatic heterocycles. The molecule has 0 amide bonds. The van der Waals surface area contributed by atoms with Crippen LogP contribution in [0.2, 0.25) is 30.1 Å². The number of hydrogen-bond acceptors (Lipinski definition) is 0. The van der Waals surface area contributed by atoms with Crippen molar-refractivity contribution >= 4 is 69.6 Å². The molecule has 4 aromatic carbocycles. The summed E-state index contributed by atoms with van der Waals surface area (Å²) in [5.74, 6) is 0. The molecule has 6 heteroatoms. The normalized spacial score (nSPS) is 10.3. The molecule has 0 spiro atoms. The molecule has 4 aromatic rings. The van der Waals surface area contributed by atoms with E-state index in [2.05, 4.69) is 48.5 Å². The molecule has 0 aliphatic heterocycles. The summed E-state index contributed by atoms with van der Waals surface area (Å²) in [5.41, 5.74) is 3.85. The van der Waals surface area contributed by atoms with Crippen LogP contribution in [0, 0.1) is 0 Å². The van der Waals surface area contributed by atoms with Gasteiger partial charge in [-0.1, -0.05) is 130 Å². The largest absolute Gasteiger partial charge is 0.0836 e. The third kappa shape index (κ3) is 5.86. The van der Waals surface area contributed by atoms with Gasteiger partial charge < -0.3 is 0 Å². The Morgan fingerprint density at radius 2 is 0.633 bits per heavy atom. The maximum atomic E-state index is 6.12. The third-order valence-electron chi connectivity index (χ3n) is 4.19. The fourth-order valence-corrected chi connectivity index (χ4v) is 4.02. The Bertz CT molecular complexity index is 1050. The minimum Gasteiger partial charge on any atom is -0.0836 e. The fraction of sp³-hybridized carbons (Fsp3) is 0. The van der Waals surface area contributed by atoms with Crippen LogP contribution >= 0.6 is 69.6 Å². The maximum Gasteiger partial charge on any atom is 0.0607 e. The Balaban J connectivity index is 0.000000184. The monoisotopic (exact) mass is 512 g/mol. The zero-order chi connectivity index (χ0) is 21.7. The molecule has 4 rings (SSSR count). The molecule has 0 unspecified atom stereocenters. The second kappa shape index (κ2) is 10.8. The van der Waals surface area contributed by atoms with Gasteiger partial charge in [-0.25, -0.2) is 0 Å². The first kappa shape index (κ1) is 23.3. The maximum absolute atomic E-state index is 6.12. The summed E-state index contributed by atoms with van der Waals surface area (Å²) >= 11 is 35.9. The predicted octanol–water partition coefficient (Wildman–Crippen LogP) is 10.6. The summed E-state index contributed by atoms with van der Waals surface area (Å²) in [6.07, 6.45) is 0. The van der Waals surface area contributed by atoms with Gasteiger partial charge in [0, 0.05) is 11.1 Å². The Kier molecular flexibility index (Phi) is 8.36. The number of halogens is 6. The number of benzene rings is 4. The molecule has 0 aliphatic rings. The van der Waals surface area contributed by atoms with E-state index in [1.165, 1.54) is 11.1 Å². The van der Waals surface area contributed by atoms with Gasteiger partial charge in [0.2, 0.25) is 0 Å². The number of rotatable bonds is 2. The molecule has 0 bridgehead atoms. The highest BCUT2D eigenvalue weighted by molar-refractivity contribution is 6.46. The van der Waals surface area contributed by atoms with Gasteiger partial charge in [0.1, 0.15) is 0 Å². The van der Waals surface area contributed by atoms with E-state index in [1.807, 2.05) is 12.1 Å². The van der Waals surface area contributed by atoms with Crippen LogP contribution in [0.25, 0.3) is 22.3 Å². The third-order valence-corrected chi connectivity index (χ3v) is 6.26. The second-order valence-electron chi connectivity index (χ2n) is 6.22. The molecule has 0 heterocycles. The van der Waals surface area contributed by atoms with Crippen LogP contribution in [0.5, 0.6) is 0 Å². The van der Waals surface area contributed by atoms with Crippen LogP contribution in [-0.4, -0.2) is 0 Å². The lowest BCUT2D eigenvalue weighted by Crippen LogP contribution is -1.84. The Morgan fingerprint density at radius 3 is 0.967 bits per heavy atom. The highest BCUT2D eigenvalue weighted by Crippen LogP contribution is 2.41. The average Bonchev–Trinajstić information content (AvgIpc) is 2.75. The first-order valence-corrected chi connectivity index (χ1v) is 11.0. The van der Waals surface area contributed by atoms with Gasteiger partial charge in [-0.2, -0.15) is 0 Å². The Hall–Kier alpha value is -1.38. The first-order valence-electron chi connectivity index (χ1n) is 8.76. The van der Waals surface area contributed by atoms with E-state index in [4.69, 9.17) is 69.6 Å². The Labute approximate surface area is 205 Å². The van der Waals surface area contributed by atoms with Gasteiger partial charge in [-0.15, -0.1) is 0 Å². The van der Waals surface area contributed by atoms with Crippen molar-refractivity contribution in [2.45, 2.75) is 0 Å². The summed E-state index contributed by atoms with van der Waals surface area (Å²) in [7, 11) is 0. The SMILES string of the molecule is Clc1cc(Cl)c(-c2cc(Cl)c(Cl)cc2Cl)cc1Cl.c1ccc(-c2ccccc2)cc1. The van der Waals surface area contributed by atoms with E-state index in [-0.39, 0.29) is 0 Å². The fourth-order valence-electron chi connectivity index (χ4n) is 2.72. The molecule has 0 saturated carbocycles. The van der Waals surface area contributed by atoms with Crippen molar-refractivity contribution in [3.8, 4) is 22.3 Å². The van der Waals surface area contributed by atoms with Crippen molar-refractivity contribution in [2.24, 2.45) is 0 Å². The molecule has 152 valence electrons. The van der Waals surface area contributed by atoms with Crippen molar-refractivity contribution in [1.29, 1.82) is 0 Å². The molecule has 0 atom stereocenters. The van der Waals surface area contributed by atoms with Crippen LogP contribution in [0.4, 0.5) is 0 Å². The van der Waals surface area contributed by atoms with Crippen molar-refractivity contribution in [2.75, 3.05) is 0 Å². The lowest BCUT2D eigenvalue weighted by molar-refractivity contribution is 1.61. The smallest absolute Gasteiger partial charge is 0.0607 e. The summed E-state index contributed by atoms with van der Waals surface area (Å²) < 4.78 is 0. The van der Waals surface area contributed by atoms with Gasteiger partial charge in [-0.05, 0) is 35.4 Å². The summed E-state index contributed by atoms with van der Waals surface area (Å²) in [6, 6.07) is 27.2. The molecule has 30 heavy (non-hydrogen) atoms. The standard InChI is InChI=1S/C12H4Cl6.C12H10/c13-7-3-11(17)9(15)1-5(7)6-2-10(16)12(18)4-8(6)14;1-3-7-11(8-4-1)12-9-5-2-6-10-12/h1-4H;1-10H. The van der Waals surface area contributed by atoms with Gasteiger partial charge in [0.25, 0.3) is 0 Å². The van der Waals surface area contributed by atoms with E-state index in [0.29, 0.717) is 41.3 Å². The van der Waals surface area contributed by atoms with Crippen molar-refractivity contribution in [3.63, 3.8) is 0 Å². The van der Waals surface area contributed by atoms with Crippen LogP contribution in [0.15, 0.2) is 84.9 Å². The van der Waals surface area contributed by atoms with E-state index in [0.717, 1.165) is 0 Å². The predicted molar refractivity (Wildman–Crippen MR) is 134 cm³/mol. The molecule has 0 N–H and O–H groups in total. The van der Waals surface area contributed by atoms with E-state index >= 15 is 0 Å². The van der Waals surface area contributed by atoms with Crippen LogP contribution in [0.1, 0.15) is 0 Å². The van der Waals surface area contributed by atoms with Crippen LogP contribution in [0.3, 0.4) is 0 Å². The zero-order valence-corrected chi connectivity index (χ0v) is 19.9. The molecule has 0 radical (unpaired) electrons. The highest BCUT2D eigenvalue weighted by atomic mass is 35.5. The van der Waals surface area contributed by atoms with Gasteiger partial charge in [-0.3, -0.25) is 0 Å². The van der Waals surface area contributed by atoms with Gasteiger partial charge in [0.05, 0.1) is 30.1 Å². The number of hydrogen-bond donors (Lipinski definition) is 0. The first-order chi connectivity index (χ1) is 14.4. The van der Waals surface area contributed by atoms with Gasteiger partial charge in [0.15, 0.2) is 0 Å². The minimum absolute atomic E-state index is 0.376. The van der Waals surface area contributed by atoms with Crippen molar-refractivity contribution < 1.29 is 0 Å². The van der Waals surface area contributed by atoms with E-state index in [9.17, 15) is 0 Å². The lowest BCUT2D eigenvalue weighted by Gasteiger charge is -2.10. The Morgan fingerprint density at radius 1 is 0.333 bits per heavy atom. The van der Waals surface area contributed by atoms with Crippen molar-refractivity contribution in [3.05, 3.63) is 115 Å². The summed E-state index contributed by atoms with van der Waals surface area (Å²) in [6.45, 7) is 0. The molecule has 0 aliphatic carbocycles. The lowest BCUT2D eigenvalue weighted by atomic mass is 10.1. The summed E-state index contributed by atoms with van der Waals surface area (Å²) in [4.78, 5) is 0. The van der Waals surface area contributed by atoms with Crippen molar-refractivity contribution in [1.82, 2.24) is 0 Å². The van der Waals surface area contributed by atoms with Crippen LogP contribution in [-0.2, 0) is 0 Å². The molecular weight excluding hydrogens is 501 g/mol. The minimum atomic E-state index is 0.376. The molecular formula is C24H14Cl6. The highest BCUT2D eigenvalue weighted by Gasteiger charge is 2.13. The van der Waals surface area contributed by atoms with Crippen LogP contribution < -0.4 is 0 Å². The molecule has 0 fully saturated rings. The summed E-state index contributed by atoms with van der Waals surface area (Å²) in [5, 5.41) is 2.40. The van der Waals surface area contributed by atoms with E-state index < -0.39 is 0 Å². The second-order valence-corrected chi connectivity index (χ2v) is 8.67. The average molecular weight is 515 g/mol. The molecule has 0 nitrogen and oxygen atoms in total. The van der Waals surface area contributed by atoms with E-state index in [1.54, 1.807) is 24.3 Å². The topological polar surface area (TPSA) is 0 Å². The molecule has 0 saturated heterocycles. The zero-order valence-electron chi connectivity index (χ0n) is 15.4. The quantitative estimate of drug-likeness (QED) is 0.233. The van der Waals surface area contributed by atoms with Gasteiger partial charge >= 0.3 is 0 Å².